The van der Waals surface area contributed by atoms with Crippen molar-refractivity contribution in [2.75, 3.05) is 20.8 Å². The molecule has 3 aromatic rings. The lowest BCUT2D eigenvalue weighted by Crippen LogP contribution is -2.36. The Morgan fingerprint density at radius 2 is 1.47 bits per heavy atom. The standard InChI is InChI=1S/C25H21NO7S/c1-26-23(24(28)17-8-4-3-5-9-17)25(20-10-6-7-11-21(20)34(26,29)30)33-22(27)16-32-19-14-12-18(31-2)13-15-19/h3-15H,16H2,1-2H3. The molecular weight excluding hydrogens is 458 g/mol. The van der Waals surface area contributed by atoms with Gasteiger partial charge in [0.05, 0.1) is 12.0 Å². The van der Waals surface area contributed by atoms with Crippen molar-refractivity contribution in [3.05, 3.63) is 95.7 Å². The third-order valence-corrected chi connectivity index (χ3v) is 7.00. The van der Waals surface area contributed by atoms with Crippen molar-refractivity contribution in [2.24, 2.45) is 0 Å². The number of ether oxygens (including phenoxy) is 3. The van der Waals surface area contributed by atoms with Crippen LogP contribution in [-0.4, -0.2) is 45.2 Å². The van der Waals surface area contributed by atoms with E-state index < -0.39 is 28.4 Å². The van der Waals surface area contributed by atoms with E-state index >= 15 is 0 Å². The van der Waals surface area contributed by atoms with Crippen LogP contribution in [0.5, 0.6) is 11.5 Å². The van der Waals surface area contributed by atoms with Gasteiger partial charge in [0.25, 0.3) is 10.0 Å². The Morgan fingerprint density at radius 1 is 0.853 bits per heavy atom. The number of hydrogen-bond acceptors (Lipinski definition) is 7. The molecule has 1 aliphatic rings. The molecule has 0 saturated carbocycles. The molecule has 1 aliphatic heterocycles. The number of sulfonamides is 1. The summed E-state index contributed by atoms with van der Waals surface area (Å²) in [7, 11) is -1.24. The molecule has 0 N–H and O–H groups in total. The molecule has 0 aliphatic carbocycles. The maximum absolute atomic E-state index is 13.3. The van der Waals surface area contributed by atoms with Crippen molar-refractivity contribution in [1.82, 2.24) is 4.31 Å². The van der Waals surface area contributed by atoms with E-state index in [1.165, 1.54) is 26.3 Å². The van der Waals surface area contributed by atoms with E-state index in [2.05, 4.69) is 0 Å². The highest BCUT2D eigenvalue weighted by Gasteiger charge is 2.39. The number of hydrogen-bond donors (Lipinski definition) is 0. The Labute approximate surface area is 197 Å². The third-order valence-electron chi connectivity index (χ3n) is 5.18. The molecule has 0 atom stereocenters. The second kappa shape index (κ2) is 9.40. The summed E-state index contributed by atoms with van der Waals surface area (Å²) in [4.78, 5) is 26.0. The molecule has 0 bridgehead atoms. The molecule has 0 radical (unpaired) electrons. The first kappa shape index (κ1) is 23.1. The minimum absolute atomic E-state index is 0.0685. The number of methoxy groups -OCH3 is 1. The number of fused-ring (bicyclic) bond motifs is 1. The first-order valence-electron chi connectivity index (χ1n) is 10.2. The number of benzene rings is 3. The maximum Gasteiger partial charge on any atom is 0.349 e. The van der Waals surface area contributed by atoms with Crippen molar-refractivity contribution in [1.29, 1.82) is 0 Å². The highest BCUT2D eigenvalue weighted by atomic mass is 32.2. The van der Waals surface area contributed by atoms with Gasteiger partial charge in [-0.05, 0) is 36.4 Å². The third kappa shape index (κ3) is 4.38. The topological polar surface area (TPSA) is 99.2 Å². The molecule has 1 heterocycles. The Morgan fingerprint density at radius 3 is 2.15 bits per heavy atom. The van der Waals surface area contributed by atoms with E-state index in [1.807, 2.05) is 0 Å². The van der Waals surface area contributed by atoms with Crippen LogP contribution in [-0.2, 0) is 19.6 Å². The lowest BCUT2D eigenvalue weighted by molar-refractivity contribution is -0.139. The van der Waals surface area contributed by atoms with Gasteiger partial charge in [0, 0.05) is 18.2 Å². The molecule has 8 nitrogen and oxygen atoms in total. The SMILES string of the molecule is COc1ccc(OCC(=O)OC2=C(C(=O)c3ccccc3)N(C)S(=O)(=O)c3ccccc32)cc1. The van der Waals surface area contributed by atoms with Crippen LogP contribution in [0.4, 0.5) is 0 Å². The average molecular weight is 480 g/mol. The van der Waals surface area contributed by atoms with Crippen LogP contribution in [0, 0.1) is 0 Å². The van der Waals surface area contributed by atoms with E-state index in [0.717, 1.165) is 4.31 Å². The van der Waals surface area contributed by atoms with Gasteiger partial charge in [-0.1, -0.05) is 42.5 Å². The molecule has 0 saturated heterocycles. The molecular formula is C25H21NO7S. The summed E-state index contributed by atoms with van der Waals surface area (Å²) in [6.45, 7) is -0.457. The highest BCUT2D eigenvalue weighted by Crippen LogP contribution is 2.37. The summed E-state index contributed by atoms with van der Waals surface area (Å²) in [5.74, 6) is -0.500. The van der Waals surface area contributed by atoms with Gasteiger partial charge in [-0.2, -0.15) is 0 Å². The summed E-state index contributed by atoms with van der Waals surface area (Å²) in [5, 5.41) is 0. The van der Waals surface area contributed by atoms with Gasteiger partial charge in [0.2, 0.25) is 5.78 Å². The van der Waals surface area contributed by atoms with Gasteiger partial charge in [-0.25, -0.2) is 13.2 Å². The molecule has 0 amide bonds. The fourth-order valence-electron chi connectivity index (χ4n) is 3.45. The van der Waals surface area contributed by atoms with Gasteiger partial charge >= 0.3 is 5.97 Å². The molecule has 9 heteroatoms. The van der Waals surface area contributed by atoms with E-state index in [1.54, 1.807) is 66.7 Å². The molecule has 0 unspecified atom stereocenters. The molecule has 174 valence electrons. The average Bonchev–Trinajstić information content (AvgIpc) is 2.87. The number of likely N-dealkylation sites (N-methyl/N-ethyl adjacent to an activating group) is 1. The van der Waals surface area contributed by atoms with Crippen molar-refractivity contribution < 1.29 is 32.2 Å². The fourth-order valence-corrected chi connectivity index (χ4v) is 4.84. The van der Waals surface area contributed by atoms with Gasteiger partial charge < -0.3 is 14.2 Å². The number of Topliss-reactive ketones (excluding diaryl/α,β-unsaturated/α-hetero) is 1. The molecule has 0 fully saturated rings. The van der Waals surface area contributed by atoms with Crippen molar-refractivity contribution in [3.8, 4) is 11.5 Å². The molecule has 3 aromatic carbocycles. The zero-order valence-electron chi connectivity index (χ0n) is 18.4. The number of nitrogens with zero attached hydrogens (tertiary/aromatic N) is 1. The zero-order valence-corrected chi connectivity index (χ0v) is 19.2. The van der Waals surface area contributed by atoms with Crippen LogP contribution in [0.3, 0.4) is 0 Å². The van der Waals surface area contributed by atoms with E-state index in [4.69, 9.17) is 14.2 Å². The minimum Gasteiger partial charge on any atom is -0.497 e. The molecule has 34 heavy (non-hydrogen) atoms. The zero-order chi connectivity index (χ0) is 24.3. The quantitative estimate of drug-likeness (QED) is 0.378. The van der Waals surface area contributed by atoms with Crippen molar-refractivity contribution in [3.63, 3.8) is 0 Å². The van der Waals surface area contributed by atoms with Crippen LogP contribution >= 0.6 is 0 Å². The lowest BCUT2D eigenvalue weighted by atomic mass is 10.0. The van der Waals surface area contributed by atoms with E-state index in [0.29, 0.717) is 11.5 Å². The van der Waals surface area contributed by atoms with Gasteiger partial charge in [0.15, 0.2) is 12.4 Å². The smallest absolute Gasteiger partial charge is 0.349 e. The highest BCUT2D eigenvalue weighted by molar-refractivity contribution is 7.89. The van der Waals surface area contributed by atoms with Crippen LogP contribution in [0.2, 0.25) is 0 Å². The minimum atomic E-state index is -4.03. The summed E-state index contributed by atoms with van der Waals surface area (Å²) in [6.07, 6.45) is 0. The lowest BCUT2D eigenvalue weighted by Gasteiger charge is -2.30. The van der Waals surface area contributed by atoms with Crippen molar-refractivity contribution in [2.45, 2.75) is 4.90 Å². The number of ketones is 1. The van der Waals surface area contributed by atoms with Crippen LogP contribution in [0.1, 0.15) is 15.9 Å². The Kier molecular flexibility index (Phi) is 6.38. The van der Waals surface area contributed by atoms with Gasteiger partial charge in [-0.15, -0.1) is 0 Å². The first-order valence-corrected chi connectivity index (χ1v) is 11.7. The van der Waals surface area contributed by atoms with Gasteiger partial charge in [0.1, 0.15) is 17.2 Å². The predicted molar refractivity (Wildman–Crippen MR) is 124 cm³/mol. The molecule has 4 rings (SSSR count). The Bertz CT molecular complexity index is 1360. The number of allylic oxidation sites excluding steroid dienone is 1. The summed E-state index contributed by atoms with van der Waals surface area (Å²) >= 11 is 0. The second-order valence-electron chi connectivity index (χ2n) is 7.28. The normalized spacial score (nSPS) is 14.2. The second-order valence-corrected chi connectivity index (χ2v) is 9.22. The Hall–Kier alpha value is -4.11. The number of esters is 1. The largest absolute Gasteiger partial charge is 0.497 e. The maximum atomic E-state index is 13.3. The number of carbonyl (C=O) groups excluding carboxylic acids is 2. The van der Waals surface area contributed by atoms with Gasteiger partial charge in [-0.3, -0.25) is 9.10 Å². The fraction of sp³-hybridized carbons (Fsp3) is 0.120. The monoisotopic (exact) mass is 479 g/mol. The first-order chi connectivity index (χ1) is 16.3. The van der Waals surface area contributed by atoms with Crippen LogP contribution in [0.25, 0.3) is 5.76 Å². The van der Waals surface area contributed by atoms with Crippen LogP contribution in [0.15, 0.2) is 89.5 Å². The van der Waals surface area contributed by atoms with Crippen molar-refractivity contribution >= 4 is 27.5 Å². The molecule has 0 spiro atoms. The molecule has 0 aromatic heterocycles. The summed E-state index contributed by atoms with van der Waals surface area (Å²) in [6, 6.07) is 20.8. The summed E-state index contributed by atoms with van der Waals surface area (Å²) < 4.78 is 43.2. The van der Waals surface area contributed by atoms with Crippen LogP contribution < -0.4 is 9.47 Å². The van der Waals surface area contributed by atoms with E-state index in [9.17, 15) is 18.0 Å². The van der Waals surface area contributed by atoms with E-state index in [-0.39, 0.29) is 27.5 Å². The predicted octanol–water partition coefficient (Wildman–Crippen LogP) is 3.50. The number of rotatable bonds is 7. The summed E-state index contributed by atoms with van der Waals surface area (Å²) in [5.41, 5.74) is 0.113. The number of carbonyl (C=O) groups is 2. The Balaban J connectivity index is 1.70.